The predicted octanol–water partition coefficient (Wildman–Crippen LogP) is 0.729. The van der Waals surface area contributed by atoms with Gasteiger partial charge in [-0.25, -0.2) is 0 Å². The molecule has 3 heteroatoms. The van der Waals surface area contributed by atoms with Gasteiger partial charge in [0.2, 0.25) is 0 Å². The van der Waals surface area contributed by atoms with Crippen molar-refractivity contribution in [1.82, 2.24) is 0 Å². The molecule has 0 spiro atoms. The molecule has 0 amide bonds. The maximum atomic E-state index is 9.23. The largest absolute Gasteiger partial charge is 0.396 e. The summed E-state index contributed by atoms with van der Waals surface area (Å²) in [5, 5.41) is 18.1. The average molecular weight is 164 g/mol. The maximum Gasteiger partial charge on any atom is 0.0595 e. The second-order valence-electron chi connectivity index (χ2n) is 2.92. The summed E-state index contributed by atoms with van der Waals surface area (Å²) in [6.45, 7) is 3.64. The zero-order valence-corrected chi connectivity index (χ0v) is 7.61. The number of rotatable bonds is 4. The molecule has 0 fully saturated rings. The molecule has 0 aliphatic carbocycles. The molecule has 0 aromatic heterocycles. The van der Waals surface area contributed by atoms with E-state index < -0.39 is 6.10 Å². The summed E-state index contributed by atoms with van der Waals surface area (Å²) in [5.74, 6) is 0.793. The molecule has 2 unspecified atom stereocenters. The third kappa shape index (κ3) is 2.48. The van der Waals surface area contributed by atoms with Crippen molar-refractivity contribution in [3.05, 3.63) is 0 Å². The highest BCUT2D eigenvalue weighted by atomic mass is 32.2. The first-order chi connectivity index (χ1) is 4.56. The lowest BCUT2D eigenvalue weighted by atomic mass is 9.88. The predicted molar refractivity (Wildman–Crippen MR) is 45.3 cm³/mol. The highest BCUT2D eigenvalue weighted by molar-refractivity contribution is 7.98. The molecule has 0 rings (SSSR count). The van der Waals surface area contributed by atoms with E-state index in [4.69, 9.17) is 5.11 Å². The van der Waals surface area contributed by atoms with E-state index in [0.29, 0.717) is 0 Å². The standard InChI is InChI=1S/C7H16O2S/c1-6(9)7(2,4-8)5-10-3/h6,8-9H,4-5H2,1-3H3. The molecule has 2 nitrogen and oxygen atoms in total. The summed E-state index contributed by atoms with van der Waals surface area (Å²) in [7, 11) is 0. The lowest BCUT2D eigenvalue weighted by molar-refractivity contribution is 0.0238. The third-order valence-electron chi connectivity index (χ3n) is 1.84. The van der Waals surface area contributed by atoms with Crippen LogP contribution in [0.15, 0.2) is 0 Å². The minimum Gasteiger partial charge on any atom is -0.396 e. The molecule has 0 bridgehead atoms. The number of aliphatic hydroxyl groups excluding tert-OH is 2. The van der Waals surface area contributed by atoms with Gasteiger partial charge in [-0.15, -0.1) is 0 Å². The van der Waals surface area contributed by atoms with Crippen molar-refractivity contribution in [3.8, 4) is 0 Å². The Labute approximate surface area is 66.6 Å². The molecule has 0 aromatic carbocycles. The molecule has 0 aliphatic rings. The van der Waals surface area contributed by atoms with Crippen LogP contribution in [0.2, 0.25) is 0 Å². The molecule has 0 radical (unpaired) electrons. The minimum absolute atomic E-state index is 0.0471. The molecule has 10 heavy (non-hydrogen) atoms. The fourth-order valence-electron chi connectivity index (χ4n) is 0.628. The van der Waals surface area contributed by atoms with Crippen molar-refractivity contribution in [2.75, 3.05) is 18.6 Å². The second kappa shape index (κ2) is 4.21. The van der Waals surface area contributed by atoms with Gasteiger partial charge in [-0.1, -0.05) is 6.92 Å². The topological polar surface area (TPSA) is 40.5 Å². The van der Waals surface area contributed by atoms with Crippen LogP contribution < -0.4 is 0 Å². The van der Waals surface area contributed by atoms with Crippen molar-refractivity contribution in [3.63, 3.8) is 0 Å². The van der Waals surface area contributed by atoms with Crippen molar-refractivity contribution >= 4 is 11.8 Å². The molecule has 2 atom stereocenters. The Bertz CT molecular complexity index is 95.6. The van der Waals surface area contributed by atoms with Crippen molar-refractivity contribution in [2.24, 2.45) is 5.41 Å². The van der Waals surface area contributed by atoms with Gasteiger partial charge in [0.25, 0.3) is 0 Å². The average Bonchev–Trinajstić information content (AvgIpc) is 1.88. The van der Waals surface area contributed by atoms with Crippen LogP contribution >= 0.6 is 11.8 Å². The van der Waals surface area contributed by atoms with Crippen molar-refractivity contribution < 1.29 is 10.2 Å². The van der Waals surface area contributed by atoms with E-state index in [2.05, 4.69) is 0 Å². The first-order valence-corrected chi connectivity index (χ1v) is 4.74. The smallest absolute Gasteiger partial charge is 0.0595 e. The summed E-state index contributed by atoms with van der Waals surface area (Å²) in [5.41, 5.74) is -0.334. The van der Waals surface area contributed by atoms with Gasteiger partial charge in [0.15, 0.2) is 0 Å². The van der Waals surface area contributed by atoms with Gasteiger partial charge in [-0.2, -0.15) is 11.8 Å². The van der Waals surface area contributed by atoms with Crippen LogP contribution in [0.25, 0.3) is 0 Å². The van der Waals surface area contributed by atoms with Gasteiger partial charge in [-0.05, 0) is 13.2 Å². The van der Waals surface area contributed by atoms with E-state index in [0.717, 1.165) is 5.75 Å². The van der Waals surface area contributed by atoms with Gasteiger partial charge >= 0.3 is 0 Å². The molecular formula is C7H16O2S. The maximum absolute atomic E-state index is 9.23. The third-order valence-corrected chi connectivity index (χ3v) is 2.79. The highest BCUT2D eigenvalue weighted by Crippen LogP contribution is 2.24. The van der Waals surface area contributed by atoms with Crippen LogP contribution in [0.4, 0.5) is 0 Å². The SMILES string of the molecule is CSCC(C)(CO)C(C)O. The summed E-state index contributed by atoms with van der Waals surface area (Å²) in [4.78, 5) is 0. The monoisotopic (exact) mass is 164 g/mol. The summed E-state index contributed by atoms with van der Waals surface area (Å²) < 4.78 is 0. The van der Waals surface area contributed by atoms with Crippen molar-refractivity contribution in [1.29, 1.82) is 0 Å². The van der Waals surface area contributed by atoms with E-state index in [9.17, 15) is 5.11 Å². The van der Waals surface area contributed by atoms with E-state index in [1.807, 2.05) is 13.2 Å². The van der Waals surface area contributed by atoms with Crippen LogP contribution in [0.1, 0.15) is 13.8 Å². The number of hydrogen-bond acceptors (Lipinski definition) is 3. The Morgan fingerprint density at radius 3 is 2.20 bits per heavy atom. The summed E-state index contributed by atoms with van der Waals surface area (Å²) in [6.07, 6.45) is 1.53. The normalized spacial score (nSPS) is 20.1. The van der Waals surface area contributed by atoms with Gasteiger partial charge in [0.05, 0.1) is 12.7 Å². The van der Waals surface area contributed by atoms with E-state index in [1.165, 1.54) is 0 Å². The van der Waals surface area contributed by atoms with E-state index in [-0.39, 0.29) is 12.0 Å². The van der Waals surface area contributed by atoms with Crippen LogP contribution in [-0.4, -0.2) is 34.9 Å². The first-order valence-electron chi connectivity index (χ1n) is 3.34. The summed E-state index contributed by atoms with van der Waals surface area (Å²) in [6, 6.07) is 0. The Hall–Kier alpha value is 0.270. The molecule has 0 saturated heterocycles. The fraction of sp³-hybridized carbons (Fsp3) is 1.00. The molecule has 0 aromatic rings. The molecule has 62 valence electrons. The number of thioether (sulfide) groups is 1. The zero-order chi connectivity index (χ0) is 8.20. The van der Waals surface area contributed by atoms with Gasteiger partial charge in [0.1, 0.15) is 0 Å². The van der Waals surface area contributed by atoms with Crippen LogP contribution in [0, 0.1) is 5.41 Å². The summed E-state index contributed by atoms with van der Waals surface area (Å²) >= 11 is 1.64. The van der Waals surface area contributed by atoms with Crippen LogP contribution in [0.3, 0.4) is 0 Å². The van der Waals surface area contributed by atoms with Crippen molar-refractivity contribution in [2.45, 2.75) is 20.0 Å². The zero-order valence-electron chi connectivity index (χ0n) is 6.79. The minimum atomic E-state index is -0.440. The second-order valence-corrected chi connectivity index (χ2v) is 3.79. The number of aliphatic hydroxyl groups is 2. The Kier molecular flexibility index (Phi) is 4.32. The van der Waals surface area contributed by atoms with E-state index in [1.54, 1.807) is 18.7 Å². The van der Waals surface area contributed by atoms with Gasteiger partial charge in [0, 0.05) is 11.2 Å². The Morgan fingerprint density at radius 2 is 2.10 bits per heavy atom. The molecule has 2 N–H and O–H groups in total. The lowest BCUT2D eigenvalue weighted by Gasteiger charge is -2.29. The molecule has 0 aliphatic heterocycles. The van der Waals surface area contributed by atoms with Crippen LogP contribution in [0.5, 0.6) is 0 Å². The Morgan fingerprint density at radius 1 is 1.60 bits per heavy atom. The van der Waals surface area contributed by atoms with E-state index >= 15 is 0 Å². The fourth-order valence-corrected chi connectivity index (χ4v) is 1.62. The molecular weight excluding hydrogens is 148 g/mol. The highest BCUT2D eigenvalue weighted by Gasteiger charge is 2.28. The first kappa shape index (κ1) is 10.3. The van der Waals surface area contributed by atoms with Gasteiger partial charge in [-0.3, -0.25) is 0 Å². The van der Waals surface area contributed by atoms with Crippen LogP contribution in [-0.2, 0) is 0 Å². The Balaban J connectivity index is 3.94. The quantitative estimate of drug-likeness (QED) is 0.643. The number of hydrogen-bond donors (Lipinski definition) is 2. The molecule has 0 saturated carbocycles. The molecule has 0 heterocycles. The lowest BCUT2D eigenvalue weighted by Crippen LogP contribution is -2.36. The van der Waals surface area contributed by atoms with Gasteiger partial charge < -0.3 is 10.2 Å².